The molecule has 0 fully saturated rings. The van der Waals surface area contributed by atoms with Crippen LogP contribution < -0.4 is 5.32 Å². The number of amidine groups is 1. The lowest BCUT2D eigenvalue weighted by Crippen LogP contribution is -2.27. The fourth-order valence-electron chi connectivity index (χ4n) is 2.27. The smallest absolute Gasteiger partial charge is 0.110 e. The molecule has 1 unspecified atom stereocenters. The van der Waals surface area contributed by atoms with E-state index in [9.17, 15) is 0 Å². The number of hydrogen-bond donors (Lipinski definition) is 1. The topological polar surface area (TPSA) is 37.3 Å². The maximum absolute atomic E-state index is 4.55. The predicted molar refractivity (Wildman–Crippen MR) is 72.8 cm³/mol. The largest absolute Gasteiger partial charge is 0.371 e. The Balaban J connectivity index is 2.04. The van der Waals surface area contributed by atoms with E-state index in [0.29, 0.717) is 0 Å². The van der Waals surface area contributed by atoms with Gasteiger partial charge in [0.25, 0.3) is 0 Å². The Bertz CT molecular complexity index is 495. The fraction of sp³-hybridized carbons (Fsp3) is 0.200. The van der Waals surface area contributed by atoms with E-state index in [-0.39, 0.29) is 5.92 Å². The van der Waals surface area contributed by atoms with Crippen LogP contribution in [0.3, 0.4) is 0 Å². The summed E-state index contributed by atoms with van der Waals surface area (Å²) in [7, 11) is 0. The van der Waals surface area contributed by atoms with Crippen molar-refractivity contribution < 1.29 is 0 Å². The Morgan fingerprint density at radius 2 is 1.83 bits per heavy atom. The van der Waals surface area contributed by atoms with Crippen molar-refractivity contribution in [3.8, 4) is 0 Å². The Morgan fingerprint density at radius 3 is 2.50 bits per heavy atom. The second kappa shape index (κ2) is 5.00. The molecular formula is C15H15N3. The molecule has 0 bridgehead atoms. The molecule has 90 valence electrons. The molecule has 3 rings (SSSR count). The van der Waals surface area contributed by atoms with E-state index in [4.69, 9.17) is 0 Å². The van der Waals surface area contributed by atoms with Crippen molar-refractivity contribution in [1.29, 1.82) is 0 Å². The quantitative estimate of drug-likeness (QED) is 0.888. The van der Waals surface area contributed by atoms with Crippen LogP contribution in [0.2, 0.25) is 0 Å². The first-order valence-corrected chi connectivity index (χ1v) is 6.19. The standard InChI is InChI=1S/C15H15N3/c1-2-6-12(7-3-1)14(15-17-10-11-18-15)13-8-4-5-9-16-13/h1-9,14H,10-11H2,(H,17,18). The summed E-state index contributed by atoms with van der Waals surface area (Å²) in [4.78, 5) is 9.03. The lowest BCUT2D eigenvalue weighted by atomic mass is 9.94. The highest BCUT2D eigenvalue weighted by Gasteiger charge is 2.23. The van der Waals surface area contributed by atoms with Gasteiger partial charge in [-0.2, -0.15) is 0 Å². The van der Waals surface area contributed by atoms with Crippen molar-refractivity contribution in [1.82, 2.24) is 10.3 Å². The van der Waals surface area contributed by atoms with Crippen molar-refractivity contribution in [3.05, 3.63) is 66.0 Å². The Hall–Kier alpha value is -2.16. The SMILES string of the molecule is c1ccc(C(C2=NCCN2)c2ccccn2)cc1. The van der Waals surface area contributed by atoms with Gasteiger partial charge in [-0.25, -0.2) is 0 Å². The molecule has 0 amide bonds. The van der Waals surface area contributed by atoms with Crippen molar-refractivity contribution in [2.24, 2.45) is 4.99 Å². The minimum absolute atomic E-state index is 0.120. The minimum Gasteiger partial charge on any atom is -0.371 e. The molecule has 3 heteroatoms. The Morgan fingerprint density at radius 1 is 1.00 bits per heavy atom. The van der Waals surface area contributed by atoms with Crippen LogP contribution in [-0.4, -0.2) is 23.9 Å². The highest BCUT2D eigenvalue weighted by atomic mass is 15.1. The molecule has 3 nitrogen and oxygen atoms in total. The highest BCUT2D eigenvalue weighted by Crippen LogP contribution is 2.24. The highest BCUT2D eigenvalue weighted by molar-refractivity contribution is 5.92. The summed E-state index contributed by atoms with van der Waals surface area (Å²) in [6, 6.07) is 16.4. The Kier molecular flexibility index (Phi) is 3.05. The summed E-state index contributed by atoms with van der Waals surface area (Å²) in [6.45, 7) is 1.77. The summed E-state index contributed by atoms with van der Waals surface area (Å²) in [5.74, 6) is 1.15. The van der Waals surface area contributed by atoms with Crippen molar-refractivity contribution >= 4 is 5.84 Å². The first-order valence-electron chi connectivity index (χ1n) is 6.19. The predicted octanol–water partition coefficient (Wildman–Crippen LogP) is 2.22. The molecule has 0 spiro atoms. The van der Waals surface area contributed by atoms with E-state index in [1.807, 2.05) is 24.4 Å². The number of rotatable bonds is 3. The molecule has 18 heavy (non-hydrogen) atoms. The van der Waals surface area contributed by atoms with Gasteiger partial charge >= 0.3 is 0 Å². The number of hydrogen-bond acceptors (Lipinski definition) is 3. The van der Waals surface area contributed by atoms with Crippen molar-refractivity contribution in [2.75, 3.05) is 13.1 Å². The maximum atomic E-state index is 4.55. The van der Waals surface area contributed by atoms with Gasteiger partial charge in [-0.3, -0.25) is 9.98 Å². The van der Waals surface area contributed by atoms with Crippen molar-refractivity contribution in [2.45, 2.75) is 5.92 Å². The number of pyridine rings is 1. The van der Waals surface area contributed by atoms with Gasteiger partial charge in [-0.1, -0.05) is 36.4 Å². The summed E-state index contributed by atoms with van der Waals surface area (Å²) in [5.41, 5.74) is 2.27. The second-order valence-electron chi connectivity index (χ2n) is 4.29. The molecular weight excluding hydrogens is 222 g/mol. The van der Waals surface area contributed by atoms with E-state index >= 15 is 0 Å². The molecule has 1 atom stereocenters. The van der Waals surface area contributed by atoms with Gasteiger partial charge in [0.1, 0.15) is 5.84 Å². The van der Waals surface area contributed by atoms with Gasteiger partial charge in [0.15, 0.2) is 0 Å². The molecule has 1 aliphatic rings. The molecule has 0 aliphatic carbocycles. The van der Waals surface area contributed by atoms with Gasteiger partial charge in [0, 0.05) is 12.7 Å². The molecule has 0 saturated heterocycles. The van der Waals surface area contributed by atoms with Crippen LogP contribution in [0.4, 0.5) is 0 Å². The third-order valence-corrected chi connectivity index (χ3v) is 3.09. The average Bonchev–Trinajstić information content (AvgIpc) is 2.95. The molecule has 0 radical (unpaired) electrons. The molecule has 1 aliphatic heterocycles. The molecule has 2 heterocycles. The molecule has 1 aromatic carbocycles. The molecule has 0 saturated carbocycles. The van der Waals surface area contributed by atoms with Crippen LogP contribution in [0, 0.1) is 0 Å². The third-order valence-electron chi connectivity index (χ3n) is 3.09. The summed E-state index contributed by atoms with van der Waals surface area (Å²) < 4.78 is 0. The van der Waals surface area contributed by atoms with E-state index in [2.05, 4.69) is 45.6 Å². The lowest BCUT2D eigenvalue weighted by Gasteiger charge is -2.17. The molecule has 2 aromatic rings. The number of aliphatic imine (C=N–C) groups is 1. The van der Waals surface area contributed by atoms with Crippen LogP contribution in [0.5, 0.6) is 0 Å². The number of nitrogens with one attached hydrogen (secondary N) is 1. The summed E-state index contributed by atoms with van der Waals surface area (Å²) in [6.07, 6.45) is 1.83. The zero-order valence-corrected chi connectivity index (χ0v) is 10.1. The van der Waals surface area contributed by atoms with Gasteiger partial charge < -0.3 is 5.32 Å². The molecule has 1 N–H and O–H groups in total. The van der Waals surface area contributed by atoms with Crippen LogP contribution in [0.1, 0.15) is 17.2 Å². The Labute approximate surface area is 107 Å². The first-order chi connectivity index (χ1) is 8.95. The van der Waals surface area contributed by atoms with Crippen LogP contribution >= 0.6 is 0 Å². The van der Waals surface area contributed by atoms with Crippen LogP contribution in [0.25, 0.3) is 0 Å². The van der Waals surface area contributed by atoms with E-state index < -0.39 is 0 Å². The average molecular weight is 237 g/mol. The van der Waals surface area contributed by atoms with Crippen LogP contribution in [-0.2, 0) is 0 Å². The zero-order chi connectivity index (χ0) is 12.2. The number of nitrogens with zero attached hydrogens (tertiary/aromatic N) is 2. The first kappa shape index (κ1) is 11.0. The molecule has 1 aromatic heterocycles. The second-order valence-corrected chi connectivity index (χ2v) is 4.29. The van der Waals surface area contributed by atoms with E-state index in [1.54, 1.807) is 0 Å². The fourth-order valence-corrected chi connectivity index (χ4v) is 2.27. The lowest BCUT2D eigenvalue weighted by molar-refractivity contribution is 0.917. The summed E-state index contributed by atoms with van der Waals surface area (Å²) in [5, 5.41) is 3.36. The normalized spacial score (nSPS) is 15.9. The zero-order valence-electron chi connectivity index (χ0n) is 10.1. The minimum atomic E-state index is 0.120. The maximum Gasteiger partial charge on any atom is 0.110 e. The van der Waals surface area contributed by atoms with Gasteiger partial charge in [-0.05, 0) is 17.7 Å². The number of benzene rings is 1. The van der Waals surface area contributed by atoms with E-state index in [1.165, 1.54) is 5.56 Å². The van der Waals surface area contributed by atoms with E-state index in [0.717, 1.165) is 24.6 Å². The van der Waals surface area contributed by atoms with Gasteiger partial charge in [-0.15, -0.1) is 0 Å². The van der Waals surface area contributed by atoms with Gasteiger partial charge in [0.2, 0.25) is 0 Å². The third kappa shape index (κ3) is 2.12. The number of aromatic nitrogens is 1. The van der Waals surface area contributed by atoms with Crippen molar-refractivity contribution in [3.63, 3.8) is 0 Å². The monoisotopic (exact) mass is 237 g/mol. The van der Waals surface area contributed by atoms with Gasteiger partial charge in [0.05, 0.1) is 18.2 Å². The van der Waals surface area contributed by atoms with Crippen LogP contribution in [0.15, 0.2) is 59.7 Å². The summed E-state index contributed by atoms with van der Waals surface area (Å²) >= 11 is 0.